The summed E-state index contributed by atoms with van der Waals surface area (Å²) in [6.07, 6.45) is 1.43. The molecule has 6 heteroatoms. The third-order valence-corrected chi connectivity index (χ3v) is 2.60. The van der Waals surface area contributed by atoms with Crippen LogP contribution in [-0.4, -0.2) is 26.5 Å². The van der Waals surface area contributed by atoms with Crippen LogP contribution in [0, 0.1) is 17.7 Å². The van der Waals surface area contributed by atoms with E-state index in [-0.39, 0.29) is 19.0 Å². The highest BCUT2D eigenvalue weighted by molar-refractivity contribution is 5.40. The Hall–Kier alpha value is -2.39. The van der Waals surface area contributed by atoms with Crippen LogP contribution in [0.1, 0.15) is 18.3 Å². The van der Waals surface area contributed by atoms with Gasteiger partial charge in [-0.25, -0.2) is 14.1 Å². The van der Waals surface area contributed by atoms with Crippen molar-refractivity contribution in [3.63, 3.8) is 0 Å². The first kappa shape index (κ1) is 14.0. The van der Waals surface area contributed by atoms with Gasteiger partial charge in [0.15, 0.2) is 17.4 Å². The molecule has 0 radical (unpaired) electrons. The van der Waals surface area contributed by atoms with Crippen LogP contribution in [0.4, 0.5) is 4.39 Å². The highest BCUT2D eigenvalue weighted by Crippen LogP contribution is 2.19. The maximum absolute atomic E-state index is 13.6. The lowest BCUT2D eigenvalue weighted by Crippen LogP contribution is -2.07. The SMILES string of the molecule is CCn1ncnc1COc1cc(C#CCO)ccc1F. The van der Waals surface area contributed by atoms with Gasteiger partial charge in [0.25, 0.3) is 0 Å². The van der Waals surface area contributed by atoms with Gasteiger partial charge in [0.1, 0.15) is 19.5 Å². The van der Waals surface area contributed by atoms with E-state index in [1.165, 1.54) is 24.5 Å². The monoisotopic (exact) mass is 275 g/mol. The molecule has 5 nitrogen and oxygen atoms in total. The van der Waals surface area contributed by atoms with Gasteiger partial charge in [-0.1, -0.05) is 11.8 Å². The van der Waals surface area contributed by atoms with Gasteiger partial charge in [-0.2, -0.15) is 5.10 Å². The number of rotatable bonds is 4. The predicted octanol–water partition coefficient (Wildman–Crippen LogP) is 1.36. The summed E-state index contributed by atoms with van der Waals surface area (Å²) in [6.45, 7) is 2.49. The smallest absolute Gasteiger partial charge is 0.165 e. The largest absolute Gasteiger partial charge is 0.483 e. The zero-order chi connectivity index (χ0) is 14.4. The third-order valence-electron chi connectivity index (χ3n) is 2.60. The minimum atomic E-state index is -0.470. The van der Waals surface area contributed by atoms with Gasteiger partial charge in [0.2, 0.25) is 0 Å². The number of hydrogen-bond acceptors (Lipinski definition) is 4. The molecule has 2 aromatic rings. The number of aliphatic hydroxyl groups excluding tert-OH is 1. The van der Waals surface area contributed by atoms with E-state index in [4.69, 9.17) is 9.84 Å². The normalized spacial score (nSPS) is 9.95. The number of nitrogens with zero attached hydrogens (tertiary/aromatic N) is 3. The molecule has 1 aromatic heterocycles. The lowest BCUT2D eigenvalue weighted by Gasteiger charge is -2.08. The van der Waals surface area contributed by atoms with Crippen molar-refractivity contribution >= 4 is 0 Å². The molecule has 0 spiro atoms. The summed E-state index contributed by atoms with van der Waals surface area (Å²) in [5, 5.41) is 12.6. The summed E-state index contributed by atoms with van der Waals surface area (Å²) < 4.78 is 20.7. The Balaban J connectivity index is 2.12. The Labute approximate surface area is 116 Å². The van der Waals surface area contributed by atoms with E-state index in [0.717, 1.165) is 0 Å². The average Bonchev–Trinajstić information content (AvgIpc) is 2.92. The predicted molar refractivity (Wildman–Crippen MR) is 70.4 cm³/mol. The maximum atomic E-state index is 13.6. The Morgan fingerprint density at radius 2 is 2.30 bits per heavy atom. The molecule has 0 saturated heterocycles. The summed E-state index contributed by atoms with van der Waals surface area (Å²) in [5.74, 6) is 5.45. The molecule has 0 fully saturated rings. The molecular weight excluding hydrogens is 261 g/mol. The Morgan fingerprint density at radius 3 is 3.05 bits per heavy atom. The van der Waals surface area contributed by atoms with Crippen molar-refractivity contribution in [3.8, 4) is 17.6 Å². The molecule has 0 aliphatic carbocycles. The van der Waals surface area contributed by atoms with Crippen molar-refractivity contribution < 1.29 is 14.2 Å². The van der Waals surface area contributed by atoms with Gasteiger partial charge in [-0.15, -0.1) is 0 Å². The zero-order valence-corrected chi connectivity index (χ0v) is 11.0. The van der Waals surface area contributed by atoms with Crippen LogP contribution in [0.15, 0.2) is 24.5 Å². The van der Waals surface area contributed by atoms with E-state index in [1.807, 2.05) is 6.92 Å². The number of ether oxygens (including phenoxy) is 1. The first-order valence-corrected chi connectivity index (χ1v) is 6.13. The van der Waals surface area contributed by atoms with Crippen LogP contribution >= 0.6 is 0 Å². The van der Waals surface area contributed by atoms with Crippen LogP contribution in [0.5, 0.6) is 5.75 Å². The molecule has 104 valence electrons. The fraction of sp³-hybridized carbons (Fsp3) is 0.286. The summed E-state index contributed by atoms with van der Waals surface area (Å²) in [6, 6.07) is 4.30. The third kappa shape index (κ3) is 3.33. The molecule has 0 amide bonds. The summed E-state index contributed by atoms with van der Waals surface area (Å²) in [4.78, 5) is 4.05. The highest BCUT2D eigenvalue weighted by atomic mass is 19.1. The summed E-state index contributed by atoms with van der Waals surface area (Å²) in [7, 11) is 0. The molecule has 2 rings (SSSR count). The van der Waals surface area contributed by atoms with Crippen LogP contribution < -0.4 is 4.74 Å². The number of aromatic nitrogens is 3. The number of hydrogen-bond donors (Lipinski definition) is 1. The van der Waals surface area contributed by atoms with E-state index in [9.17, 15) is 4.39 Å². The van der Waals surface area contributed by atoms with Crippen molar-refractivity contribution in [2.75, 3.05) is 6.61 Å². The van der Waals surface area contributed by atoms with Crippen molar-refractivity contribution in [2.45, 2.75) is 20.1 Å². The van der Waals surface area contributed by atoms with Crippen LogP contribution in [0.2, 0.25) is 0 Å². The molecule has 0 atom stereocenters. The average molecular weight is 275 g/mol. The first-order chi connectivity index (χ1) is 9.74. The molecule has 1 N–H and O–H groups in total. The number of benzene rings is 1. The van der Waals surface area contributed by atoms with Crippen LogP contribution in [-0.2, 0) is 13.2 Å². The lowest BCUT2D eigenvalue weighted by atomic mass is 10.2. The van der Waals surface area contributed by atoms with Gasteiger partial charge in [-0.3, -0.25) is 0 Å². The van der Waals surface area contributed by atoms with Gasteiger partial charge in [0, 0.05) is 12.1 Å². The minimum absolute atomic E-state index is 0.0976. The van der Waals surface area contributed by atoms with Gasteiger partial charge < -0.3 is 9.84 Å². The molecule has 0 aliphatic heterocycles. The number of aliphatic hydroxyl groups is 1. The Morgan fingerprint density at radius 1 is 1.45 bits per heavy atom. The Kier molecular flexibility index (Phi) is 4.69. The second kappa shape index (κ2) is 6.68. The molecule has 0 aliphatic rings. The van der Waals surface area contributed by atoms with Crippen LogP contribution in [0.25, 0.3) is 0 Å². The second-order valence-electron chi connectivity index (χ2n) is 3.89. The fourth-order valence-corrected chi connectivity index (χ4v) is 1.64. The summed E-state index contributed by atoms with van der Waals surface area (Å²) in [5.41, 5.74) is 0.576. The van der Waals surface area contributed by atoms with Crippen molar-refractivity contribution in [1.29, 1.82) is 0 Å². The van der Waals surface area contributed by atoms with Crippen molar-refractivity contribution in [3.05, 3.63) is 41.7 Å². The molecule has 20 heavy (non-hydrogen) atoms. The summed E-state index contributed by atoms with van der Waals surface area (Å²) >= 11 is 0. The topological polar surface area (TPSA) is 60.2 Å². The van der Waals surface area contributed by atoms with Crippen molar-refractivity contribution in [2.24, 2.45) is 0 Å². The molecular formula is C14H14FN3O2. The van der Waals surface area contributed by atoms with E-state index < -0.39 is 5.82 Å². The first-order valence-electron chi connectivity index (χ1n) is 6.13. The van der Waals surface area contributed by atoms with E-state index in [1.54, 1.807) is 4.68 Å². The fourth-order valence-electron chi connectivity index (χ4n) is 1.64. The number of aryl methyl sites for hydroxylation is 1. The van der Waals surface area contributed by atoms with Crippen LogP contribution in [0.3, 0.4) is 0 Å². The standard InChI is InChI=1S/C14H14FN3O2/c1-2-18-14(16-10-17-18)9-20-13-8-11(4-3-7-19)5-6-12(13)15/h5-6,8,10,19H,2,7,9H2,1H3. The highest BCUT2D eigenvalue weighted by Gasteiger charge is 2.07. The second-order valence-corrected chi connectivity index (χ2v) is 3.89. The van der Waals surface area contributed by atoms with E-state index >= 15 is 0 Å². The van der Waals surface area contributed by atoms with E-state index in [2.05, 4.69) is 21.9 Å². The van der Waals surface area contributed by atoms with Gasteiger partial charge in [-0.05, 0) is 25.1 Å². The number of halogens is 1. The quantitative estimate of drug-likeness (QED) is 0.856. The maximum Gasteiger partial charge on any atom is 0.165 e. The van der Waals surface area contributed by atoms with E-state index in [0.29, 0.717) is 17.9 Å². The minimum Gasteiger partial charge on any atom is -0.483 e. The lowest BCUT2D eigenvalue weighted by molar-refractivity contribution is 0.273. The molecule has 1 heterocycles. The van der Waals surface area contributed by atoms with Gasteiger partial charge in [0.05, 0.1) is 0 Å². The zero-order valence-electron chi connectivity index (χ0n) is 11.0. The molecule has 0 bridgehead atoms. The molecule has 0 saturated carbocycles. The Bertz CT molecular complexity index is 643. The molecule has 0 unspecified atom stereocenters. The van der Waals surface area contributed by atoms with Gasteiger partial charge >= 0.3 is 0 Å². The molecule has 1 aromatic carbocycles. The van der Waals surface area contributed by atoms with Crippen molar-refractivity contribution in [1.82, 2.24) is 14.8 Å².